The minimum Gasteiger partial charge on any atom is -0.508 e. The van der Waals surface area contributed by atoms with Gasteiger partial charge in [-0.05, 0) is 34.7 Å². The summed E-state index contributed by atoms with van der Waals surface area (Å²) in [6.45, 7) is 6.13. The highest BCUT2D eigenvalue weighted by Crippen LogP contribution is 2.35. The van der Waals surface area contributed by atoms with Crippen molar-refractivity contribution in [2.75, 3.05) is 0 Å². The second-order valence-electron chi connectivity index (χ2n) is 9.27. The van der Waals surface area contributed by atoms with Crippen LogP contribution in [0.25, 0.3) is 10.2 Å². The van der Waals surface area contributed by atoms with Gasteiger partial charge in [-0.15, -0.1) is 11.3 Å². The molecule has 4 rings (SSSR count). The van der Waals surface area contributed by atoms with E-state index in [0.29, 0.717) is 12.8 Å². The van der Waals surface area contributed by atoms with E-state index in [9.17, 15) is 14.7 Å². The van der Waals surface area contributed by atoms with Crippen LogP contribution in [0.5, 0.6) is 5.75 Å². The highest BCUT2D eigenvalue weighted by Gasteiger charge is 2.47. The molecule has 1 aromatic heterocycles. The number of aromatic nitrogens is 1. The summed E-state index contributed by atoms with van der Waals surface area (Å²) in [5.74, 6) is -0.501. The van der Waals surface area contributed by atoms with Crippen molar-refractivity contribution in [3.05, 3.63) is 58.6 Å². The Morgan fingerprint density at radius 1 is 1.16 bits per heavy atom. The van der Waals surface area contributed by atoms with Crippen molar-refractivity contribution in [3.63, 3.8) is 0 Å². The van der Waals surface area contributed by atoms with E-state index in [2.05, 4.69) is 10.3 Å². The van der Waals surface area contributed by atoms with Crippen molar-refractivity contribution < 1.29 is 19.4 Å². The molecule has 0 bridgehead atoms. The van der Waals surface area contributed by atoms with E-state index in [0.717, 1.165) is 26.4 Å². The SMILES string of the molecule is CC(C)(C)CC(=O)OC1(C(=O)NCc2nc3ccc(O)cc3s2)Cc2ccccc2C1. The molecule has 2 aromatic carbocycles. The quantitative estimate of drug-likeness (QED) is 0.585. The van der Waals surface area contributed by atoms with Crippen molar-refractivity contribution >= 4 is 33.4 Å². The molecule has 0 spiro atoms. The molecule has 0 aliphatic heterocycles. The summed E-state index contributed by atoms with van der Waals surface area (Å²) in [7, 11) is 0. The predicted octanol–water partition coefficient (Wildman–Crippen LogP) is 4.14. The predicted molar refractivity (Wildman–Crippen MR) is 120 cm³/mol. The Hall–Kier alpha value is -2.93. The van der Waals surface area contributed by atoms with E-state index < -0.39 is 5.60 Å². The van der Waals surface area contributed by atoms with Crippen LogP contribution in [0, 0.1) is 5.41 Å². The number of hydrogen-bond donors (Lipinski definition) is 2. The van der Waals surface area contributed by atoms with Crippen molar-refractivity contribution in [1.82, 2.24) is 10.3 Å². The number of nitrogens with one attached hydrogen (secondary N) is 1. The third-order valence-corrected chi connectivity index (χ3v) is 6.30. The third kappa shape index (κ3) is 4.71. The fourth-order valence-electron chi connectivity index (χ4n) is 3.90. The Labute approximate surface area is 185 Å². The first-order chi connectivity index (χ1) is 14.6. The molecule has 0 unspecified atom stereocenters. The molecule has 2 N–H and O–H groups in total. The minimum absolute atomic E-state index is 0.181. The van der Waals surface area contributed by atoms with Gasteiger partial charge in [-0.1, -0.05) is 45.0 Å². The summed E-state index contributed by atoms with van der Waals surface area (Å²) in [6, 6.07) is 12.8. The van der Waals surface area contributed by atoms with Gasteiger partial charge in [0.15, 0.2) is 5.60 Å². The Morgan fingerprint density at radius 3 is 2.48 bits per heavy atom. The zero-order valence-electron chi connectivity index (χ0n) is 17.9. The van der Waals surface area contributed by atoms with Crippen molar-refractivity contribution in [1.29, 1.82) is 0 Å². The first-order valence-corrected chi connectivity index (χ1v) is 11.1. The Morgan fingerprint density at radius 2 is 1.84 bits per heavy atom. The molecule has 0 atom stereocenters. The van der Waals surface area contributed by atoms with Crippen LogP contribution >= 0.6 is 11.3 Å². The number of amides is 1. The fraction of sp³-hybridized carbons (Fsp3) is 0.375. The smallest absolute Gasteiger partial charge is 0.307 e. The van der Waals surface area contributed by atoms with Gasteiger partial charge in [-0.3, -0.25) is 9.59 Å². The van der Waals surface area contributed by atoms with Gasteiger partial charge in [0.25, 0.3) is 5.91 Å². The number of nitrogens with zero attached hydrogens (tertiary/aromatic N) is 1. The second kappa shape index (κ2) is 7.96. The molecule has 31 heavy (non-hydrogen) atoms. The minimum atomic E-state index is -1.25. The molecule has 1 amide bonds. The standard InChI is InChI=1S/C24H26N2O4S/c1-23(2,3)13-21(28)30-24(11-15-6-4-5-7-16(15)12-24)22(29)25-14-20-26-18-9-8-17(27)10-19(18)31-20/h4-10,27H,11-14H2,1-3H3,(H,25,29). The normalized spacial score (nSPS) is 14.9. The zero-order chi connectivity index (χ0) is 22.2. The van der Waals surface area contributed by atoms with Crippen LogP contribution < -0.4 is 5.32 Å². The number of carbonyl (C=O) groups is 2. The maximum absolute atomic E-state index is 13.3. The number of hydrogen-bond acceptors (Lipinski definition) is 6. The topological polar surface area (TPSA) is 88.5 Å². The van der Waals surface area contributed by atoms with Crippen LogP contribution in [0.2, 0.25) is 0 Å². The van der Waals surface area contributed by atoms with Crippen LogP contribution in [-0.2, 0) is 33.7 Å². The molecular formula is C24H26N2O4S. The van der Waals surface area contributed by atoms with Crippen molar-refractivity contribution in [2.24, 2.45) is 5.41 Å². The third-order valence-electron chi connectivity index (χ3n) is 5.28. The van der Waals surface area contributed by atoms with Crippen molar-refractivity contribution in [2.45, 2.75) is 52.2 Å². The lowest BCUT2D eigenvalue weighted by Crippen LogP contribution is -2.51. The Balaban J connectivity index is 1.53. The number of aromatic hydroxyl groups is 1. The Bertz CT molecular complexity index is 1120. The van der Waals surface area contributed by atoms with Gasteiger partial charge in [-0.25, -0.2) is 4.98 Å². The lowest BCUT2D eigenvalue weighted by atomic mass is 9.92. The number of fused-ring (bicyclic) bond motifs is 2. The van der Waals surface area contributed by atoms with E-state index >= 15 is 0 Å². The molecule has 162 valence electrons. The van der Waals surface area contributed by atoms with Gasteiger partial charge in [0.05, 0.1) is 23.2 Å². The molecule has 1 aliphatic rings. The maximum atomic E-state index is 13.3. The summed E-state index contributed by atoms with van der Waals surface area (Å²) >= 11 is 1.41. The second-order valence-corrected chi connectivity index (χ2v) is 10.4. The molecular weight excluding hydrogens is 412 g/mol. The first kappa shape index (κ1) is 21.3. The molecule has 0 saturated carbocycles. The average Bonchev–Trinajstić information content (AvgIpc) is 3.25. The summed E-state index contributed by atoms with van der Waals surface area (Å²) < 4.78 is 6.73. The van der Waals surface area contributed by atoms with E-state index in [1.807, 2.05) is 45.0 Å². The summed E-state index contributed by atoms with van der Waals surface area (Å²) in [6.07, 6.45) is 0.955. The molecule has 1 aliphatic carbocycles. The number of benzene rings is 2. The van der Waals surface area contributed by atoms with E-state index in [4.69, 9.17) is 4.74 Å². The number of rotatable bonds is 5. The molecule has 6 nitrogen and oxygen atoms in total. The van der Waals surface area contributed by atoms with Crippen molar-refractivity contribution in [3.8, 4) is 5.75 Å². The van der Waals surface area contributed by atoms with Crippen LogP contribution in [-0.4, -0.2) is 27.6 Å². The monoisotopic (exact) mass is 438 g/mol. The first-order valence-electron chi connectivity index (χ1n) is 10.3. The number of thiazole rings is 1. The van der Waals surface area contributed by atoms with Gasteiger partial charge in [0.1, 0.15) is 10.8 Å². The lowest BCUT2D eigenvalue weighted by molar-refractivity contribution is -0.169. The highest BCUT2D eigenvalue weighted by molar-refractivity contribution is 7.18. The van der Waals surface area contributed by atoms with E-state index in [-0.39, 0.29) is 36.0 Å². The summed E-state index contributed by atoms with van der Waals surface area (Å²) in [4.78, 5) is 30.5. The molecule has 3 aromatic rings. The fourth-order valence-corrected chi connectivity index (χ4v) is 4.84. The maximum Gasteiger partial charge on any atom is 0.307 e. The lowest BCUT2D eigenvalue weighted by Gasteiger charge is -2.29. The number of phenolic OH excluding ortho intramolecular Hbond substituents is 1. The number of esters is 1. The van der Waals surface area contributed by atoms with Crippen LogP contribution in [0.1, 0.15) is 43.3 Å². The van der Waals surface area contributed by atoms with Crippen LogP contribution in [0.4, 0.5) is 0 Å². The van der Waals surface area contributed by atoms with Gasteiger partial charge < -0.3 is 15.2 Å². The van der Waals surface area contributed by atoms with Crippen LogP contribution in [0.3, 0.4) is 0 Å². The molecule has 1 heterocycles. The van der Waals surface area contributed by atoms with E-state index in [1.165, 1.54) is 11.3 Å². The van der Waals surface area contributed by atoms with Gasteiger partial charge in [0.2, 0.25) is 0 Å². The molecule has 0 radical (unpaired) electrons. The molecule has 7 heteroatoms. The zero-order valence-corrected chi connectivity index (χ0v) is 18.7. The van der Waals surface area contributed by atoms with Gasteiger partial charge in [-0.2, -0.15) is 0 Å². The van der Waals surface area contributed by atoms with Gasteiger partial charge >= 0.3 is 5.97 Å². The van der Waals surface area contributed by atoms with E-state index in [1.54, 1.807) is 18.2 Å². The Kier molecular flexibility index (Phi) is 5.47. The molecule has 0 saturated heterocycles. The number of phenols is 1. The number of carbonyl (C=O) groups excluding carboxylic acids is 2. The summed E-state index contributed by atoms with van der Waals surface area (Å²) in [5, 5.41) is 13.3. The highest BCUT2D eigenvalue weighted by atomic mass is 32.1. The largest absolute Gasteiger partial charge is 0.508 e. The van der Waals surface area contributed by atoms with Crippen LogP contribution in [0.15, 0.2) is 42.5 Å². The average molecular weight is 439 g/mol. The molecule has 0 fully saturated rings. The summed E-state index contributed by atoms with van der Waals surface area (Å²) in [5.41, 5.74) is 1.34. The van der Waals surface area contributed by atoms with Gasteiger partial charge in [0, 0.05) is 12.8 Å². The number of ether oxygens (including phenoxy) is 1.